The number of thioether (sulfide) groups is 1. The monoisotopic (exact) mass is 383 g/mol. The van der Waals surface area contributed by atoms with Gasteiger partial charge in [-0.05, 0) is 44.7 Å². The van der Waals surface area contributed by atoms with Crippen molar-refractivity contribution >= 4 is 39.2 Å². The maximum atomic E-state index is 12.9. The largest absolute Gasteiger partial charge is 0.352 e. The topological polar surface area (TPSA) is 54.9 Å². The number of hydrogen-bond donors (Lipinski definition) is 1. The third kappa shape index (κ3) is 3.48. The van der Waals surface area contributed by atoms with Crippen LogP contribution in [0.5, 0.6) is 0 Å². The molecule has 0 aliphatic heterocycles. The van der Waals surface area contributed by atoms with Crippen LogP contribution in [0.1, 0.15) is 39.9 Å². The molecule has 1 N–H and O–H groups in total. The molecule has 3 aromatic rings. The van der Waals surface area contributed by atoms with Gasteiger partial charge in [-0.1, -0.05) is 42.1 Å². The average Bonchev–Trinajstić information content (AvgIpc) is 3.38. The van der Waals surface area contributed by atoms with E-state index < -0.39 is 0 Å². The fourth-order valence-corrected chi connectivity index (χ4v) is 5.30. The van der Waals surface area contributed by atoms with Crippen LogP contribution in [-0.2, 0) is 4.79 Å². The van der Waals surface area contributed by atoms with Crippen LogP contribution in [0.2, 0.25) is 0 Å². The Labute approximate surface area is 161 Å². The van der Waals surface area contributed by atoms with E-state index in [-0.39, 0.29) is 11.2 Å². The minimum Gasteiger partial charge on any atom is -0.352 e. The van der Waals surface area contributed by atoms with Crippen molar-refractivity contribution in [1.29, 1.82) is 0 Å². The van der Waals surface area contributed by atoms with Gasteiger partial charge in [-0.25, -0.2) is 9.97 Å². The van der Waals surface area contributed by atoms with Crippen LogP contribution in [-0.4, -0.2) is 21.9 Å². The van der Waals surface area contributed by atoms with Crippen LogP contribution in [0.25, 0.3) is 10.2 Å². The number of carbonyl (C=O) groups excluding carboxylic acids is 1. The highest BCUT2D eigenvalue weighted by Crippen LogP contribution is 2.41. The standard InChI is InChI=1S/C20H21N3OS2/c1-11-12(2)25-19-16(11)20(22-13(3)21-19)26-17(14-7-5-4-6-8-14)18(24)23-15-9-10-15/h4-8,15,17H,9-10H2,1-3H3,(H,23,24). The molecule has 0 spiro atoms. The maximum absolute atomic E-state index is 12.9. The predicted octanol–water partition coefficient (Wildman–Crippen LogP) is 4.73. The number of rotatable bonds is 5. The molecular formula is C20H21N3OS2. The van der Waals surface area contributed by atoms with E-state index in [1.165, 1.54) is 22.2 Å². The van der Waals surface area contributed by atoms with Crippen molar-refractivity contribution < 1.29 is 4.79 Å². The number of aromatic nitrogens is 2. The van der Waals surface area contributed by atoms with Crippen molar-refractivity contribution in [2.24, 2.45) is 0 Å². The number of carbonyl (C=O) groups is 1. The number of amides is 1. The van der Waals surface area contributed by atoms with Gasteiger partial charge in [0.1, 0.15) is 20.9 Å². The number of thiophene rings is 1. The van der Waals surface area contributed by atoms with Crippen LogP contribution < -0.4 is 5.32 Å². The molecule has 2 heterocycles. The van der Waals surface area contributed by atoms with E-state index in [4.69, 9.17) is 4.98 Å². The van der Waals surface area contributed by atoms with Gasteiger partial charge < -0.3 is 5.32 Å². The Kier molecular flexibility index (Phi) is 4.71. The minimum absolute atomic E-state index is 0.0673. The van der Waals surface area contributed by atoms with Gasteiger partial charge >= 0.3 is 0 Å². The van der Waals surface area contributed by atoms with Gasteiger partial charge in [0.15, 0.2) is 0 Å². The summed E-state index contributed by atoms with van der Waals surface area (Å²) < 4.78 is 0. The Morgan fingerprint density at radius 2 is 1.92 bits per heavy atom. The smallest absolute Gasteiger partial charge is 0.238 e. The van der Waals surface area contributed by atoms with Crippen LogP contribution in [0, 0.1) is 20.8 Å². The molecule has 0 bridgehead atoms. The Hall–Kier alpha value is -1.92. The van der Waals surface area contributed by atoms with Crippen molar-refractivity contribution in [3.63, 3.8) is 0 Å². The highest BCUT2D eigenvalue weighted by atomic mass is 32.2. The van der Waals surface area contributed by atoms with Gasteiger partial charge in [0, 0.05) is 16.3 Å². The summed E-state index contributed by atoms with van der Waals surface area (Å²) in [7, 11) is 0. The lowest BCUT2D eigenvalue weighted by molar-refractivity contribution is -0.120. The molecule has 134 valence electrons. The van der Waals surface area contributed by atoms with Gasteiger partial charge in [-0.15, -0.1) is 11.3 Å². The van der Waals surface area contributed by atoms with E-state index in [0.29, 0.717) is 6.04 Å². The molecule has 2 aromatic heterocycles. The Balaban J connectivity index is 1.76. The molecule has 1 unspecified atom stereocenters. The van der Waals surface area contributed by atoms with Crippen molar-refractivity contribution in [1.82, 2.24) is 15.3 Å². The number of benzene rings is 1. The molecule has 1 aliphatic carbocycles. The van der Waals surface area contributed by atoms with E-state index >= 15 is 0 Å². The minimum atomic E-state index is -0.311. The third-order valence-electron chi connectivity index (χ3n) is 4.60. The molecule has 26 heavy (non-hydrogen) atoms. The zero-order valence-electron chi connectivity index (χ0n) is 15.1. The fraction of sp³-hybridized carbons (Fsp3) is 0.350. The molecule has 4 nitrogen and oxygen atoms in total. The number of aryl methyl sites for hydroxylation is 3. The summed E-state index contributed by atoms with van der Waals surface area (Å²) in [5, 5.41) is 4.83. The molecule has 1 aromatic carbocycles. The Bertz CT molecular complexity index is 964. The molecule has 1 saturated carbocycles. The van der Waals surface area contributed by atoms with Gasteiger partial charge in [-0.3, -0.25) is 4.79 Å². The number of nitrogens with zero attached hydrogens (tertiary/aromatic N) is 2. The van der Waals surface area contributed by atoms with Crippen molar-refractivity contribution in [3.8, 4) is 0 Å². The summed E-state index contributed by atoms with van der Waals surface area (Å²) in [6.07, 6.45) is 2.16. The first-order valence-electron chi connectivity index (χ1n) is 8.79. The lowest BCUT2D eigenvalue weighted by Crippen LogP contribution is -2.29. The van der Waals surface area contributed by atoms with E-state index in [2.05, 4.69) is 24.1 Å². The van der Waals surface area contributed by atoms with E-state index in [1.807, 2.05) is 37.3 Å². The van der Waals surface area contributed by atoms with Gasteiger partial charge in [-0.2, -0.15) is 0 Å². The summed E-state index contributed by atoms with van der Waals surface area (Å²) >= 11 is 3.23. The zero-order valence-corrected chi connectivity index (χ0v) is 16.7. The molecule has 1 amide bonds. The first-order valence-corrected chi connectivity index (χ1v) is 10.5. The molecular weight excluding hydrogens is 362 g/mol. The van der Waals surface area contributed by atoms with Gasteiger partial charge in [0.2, 0.25) is 5.91 Å². The Morgan fingerprint density at radius 3 is 2.62 bits per heavy atom. The summed E-state index contributed by atoms with van der Waals surface area (Å²) in [4.78, 5) is 24.5. The van der Waals surface area contributed by atoms with Gasteiger partial charge in [0.05, 0.1) is 0 Å². The summed E-state index contributed by atoms with van der Waals surface area (Å²) in [5.41, 5.74) is 2.21. The van der Waals surface area contributed by atoms with Gasteiger partial charge in [0.25, 0.3) is 0 Å². The second-order valence-electron chi connectivity index (χ2n) is 6.73. The highest BCUT2D eigenvalue weighted by molar-refractivity contribution is 8.00. The highest BCUT2D eigenvalue weighted by Gasteiger charge is 2.30. The molecule has 0 saturated heterocycles. The summed E-state index contributed by atoms with van der Waals surface area (Å²) in [5.74, 6) is 0.813. The first kappa shape index (κ1) is 17.5. The lowest BCUT2D eigenvalue weighted by atomic mass is 10.1. The van der Waals surface area contributed by atoms with Crippen molar-refractivity contribution in [3.05, 3.63) is 52.2 Å². The number of nitrogens with one attached hydrogen (secondary N) is 1. The van der Waals surface area contributed by atoms with Crippen LogP contribution >= 0.6 is 23.1 Å². The normalized spacial score (nSPS) is 15.2. The lowest BCUT2D eigenvalue weighted by Gasteiger charge is -2.17. The third-order valence-corrected chi connectivity index (χ3v) is 6.94. The predicted molar refractivity (Wildman–Crippen MR) is 108 cm³/mol. The first-order chi connectivity index (χ1) is 12.5. The molecule has 4 rings (SSSR count). The molecule has 1 fully saturated rings. The van der Waals surface area contributed by atoms with Crippen LogP contribution in [0.15, 0.2) is 35.4 Å². The zero-order chi connectivity index (χ0) is 18.3. The number of hydrogen-bond acceptors (Lipinski definition) is 5. The van der Waals surface area contributed by atoms with E-state index in [9.17, 15) is 4.79 Å². The second kappa shape index (κ2) is 7.00. The van der Waals surface area contributed by atoms with Crippen molar-refractivity contribution in [2.75, 3.05) is 0 Å². The molecule has 1 aliphatic rings. The summed E-state index contributed by atoms with van der Waals surface area (Å²) in [6.45, 7) is 6.13. The quantitative estimate of drug-likeness (QED) is 0.511. The average molecular weight is 384 g/mol. The van der Waals surface area contributed by atoms with E-state index in [0.717, 1.165) is 39.5 Å². The summed E-state index contributed by atoms with van der Waals surface area (Å²) in [6, 6.07) is 10.3. The van der Waals surface area contributed by atoms with Crippen LogP contribution in [0.3, 0.4) is 0 Å². The second-order valence-corrected chi connectivity index (χ2v) is 9.03. The van der Waals surface area contributed by atoms with E-state index in [1.54, 1.807) is 11.3 Å². The SMILES string of the molecule is Cc1nc(SC(C(=O)NC2CC2)c2ccccc2)c2c(C)c(C)sc2n1. The molecule has 0 radical (unpaired) electrons. The van der Waals surface area contributed by atoms with Crippen LogP contribution in [0.4, 0.5) is 0 Å². The fourth-order valence-electron chi connectivity index (χ4n) is 2.92. The molecule has 6 heteroatoms. The van der Waals surface area contributed by atoms with Crippen molar-refractivity contribution in [2.45, 2.75) is 49.9 Å². The maximum Gasteiger partial charge on any atom is 0.238 e. The Morgan fingerprint density at radius 1 is 1.19 bits per heavy atom. The number of fused-ring (bicyclic) bond motifs is 1. The molecule has 1 atom stereocenters.